The van der Waals surface area contributed by atoms with Crippen molar-refractivity contribution in [2.24, 2.45) is 0 Å². The third kappa shape index (κ3) is 5.07. The van der Waals surface area contributed by atoms with Gasteiger partial charge in [0.05, 0.1) is 10.4 Å². The van der Waals surface area contributed by atoms with E-state index in [0.717, 1.165) is 6.07 Å². The number of carbonyl (C=O) groups is 2. The first-order valence-corrected chi connectivity index (χ1v) is 8.43. The van der Waals surface area contributed by atoms with Crippen molar-refractivity contribution in [1.29, 1.82) is 0 Å². The zero-order chi connectivity index (χ0) is 17.7. The smallest absolute Gasteiger partial charge is 0.351 e. The third-order valence-corrected chi connectivity index (χ3v) is 4.50. The predicted octanol–water partition coefficient (Wildman–Crippen LogP) is 4.29. The lowest BCUT2D eigenvalue weighted by atomic mass is 10.2. The minimum Gasteiger partial charge on any atom is -0.351 e. The van der Waals surface area contributed by atoms with Crippen LogP contribution in [0.1, 0.15) is 21.7 Å². The summed E-state index contributed by atoms with van der Waals surface area (Å²) < 4.78 is 38.3. The second-order valence-electron chi connectivity index (χ2n) is 4.72. The highest BCUT2D eigenvalue weighted by molar-refractivity contribution is 9.10. The van der Waals surface area contributed by atoms with Crippen molar-refractivity contribution in [3.63, 3.8) is 0 Å². The number of halogens is 4. The molecule has 9 heteroatoms. The van der Waals surface area contributed by atoms with Crippen LogP contribution in [0.4, 0.5) is 18.9 Å². The highest BCUT2D eigenvalue weighted by Gasteiger charge is 2.33. The van der Waals surface area contributed by atoms with Crippen molar-refractivity contribution in [3.8, 4) is 0 Å². The molecule has 0 aliphatic rings. The van der Waals surface area contributed by atoms with Crippen LogP contribution in [0.3, 0.4) is 0 Å². The van der Waals surface area contributed by atoms with Crippen molar-refractivity contribution in [1.82, 2.24) is 5.32 Å². The standard InChI is InChI=1S/C15H12BrF3N2O2S/c16-11-4-3-9(8-10(11)15(17,18)19)21-13(22)5-6-20-14(23)12-2-1-7-24-12/h1-4,7-8H,5-6H2,(H,20,23)(H,21,22). The van der Waals surface area contributed by atoms with Gasteiger partial charge in [-0.05, 0) is 29.6 Å². The number of nitrogens with one attached hydrogen (secondary N) is 2. The number of alkyl halides is 3. The monoisotopic (exact) mass is 420 g/mol. The normalized spacial score (nSPS) is 11.2. The average molecular weight is 421 g/mol. The Morgan fingerprint density at radius 1 is 1.21 bits per heavy atom. The van der Waals surface area contributed by atoms with Crippen LogP contribution in [0.2, 0.25) is 0 Å². The fourth-order valence-corrected chi connectivity index (χ4v) is 2.94. The summed E-state index contributed by atoms with van der Waals surface area (Å²) in [7, 11) is 0. The SMILES string of the molecule is O=C(CCNC(=O)c1cccs1)Nc1ccc(Br)c(C(F)(F)F)c1. The quantitative estimate of drug-likeness (QED) is 0.757. The summed E-state index contributed by atoms with van der Waals surface area (Å²) in [4.78, 5) is 24.0. The molecule has 2 N–H and O–H groups in total. The number of thiophene rings is 1. The third-order valence-electron chi connectivity index (χ3n) is 2.94. The Balaban J connectivity index is 1.87. The van der Waals surface area contributed by atoms with Crippen molar-refractivity contribution in [2.75, 3.05) is 11.9 Å². The van der Waals surface area contributed by atoms with Gasteiger partial charge >= 0.3 is 6.18 Å². The van der Waals surface area contributed by atoms with Gasteiger partial charge in [0.2, 0.25) is 5.91 Å². The van der Waals surface area contributed by atoms with E-state index in [-0.39, 0.29) is 29.0 Å². The molecular formula is C15H12BrF3N2O2S. The second kappa shape index (κ2) is 7.80. The van der Waals surface area contributed by atoms with Gasteiger partial charge in [-0.2, -0.15) is 13.2 Å². The largest absolute Gasteiger partial charge is 0.417 e. The molecule has 4 nitrogen and oxygen atoms in total. The Hall–Kier alpha value is -1.87. The van der Waals surface area contributed by atoms with Crippen molar-refractivity contribution < 1.29 is 22.8 Å². The first-order valence-electron chi connectivity index (χ1n) is 6.75. The predicted molar refractivity (Wildman–Crippen MR) is 89.0 cm³/mol. The first-order chi connectivity index (χ1) is 11.3. The lowest BCUT2D eigenvalue weighted by Gasteiger charge is -2.12. The summed E-state index contributed by atoms with van der Waals surface area (Å²) in [5, 5.41) is 6.71. The van der Waals surface area contributed by atoms with Gasteiger partial charge in [0.1, 0.15) is 0 Å². The number of amides is 2. The molecule has 1 heterocycles. The molecule has 2 rings (SSSR count). The molecule has 0 aliphatic heterocycles. The van der Waals surface area contributed by atoms with Crippen molar-refractivity contribution in [3.05, 3.63) is 50.6 Å². The minimum atomic E-state index is -4.52. The molecule has 24 heavy (non-hydrogen) atoms. The van der Waals surface area contributed by atoms with Gasteiger partial charge in [-0.1, -0.05) is 22.0 Å². The molecule has 1 aromatic heterocycles. The fourth-order valence-electron chi connectivity index (χ4n) is 1.83. The summed E-state index contributed by atoms with van der Waals surface area (Å²) in [6, 6.07) is 6.82. The Kier molecular flexibility index (Phi) is 6.00. The number of hydrogen-bond acceptors (Lipinski definition) is 3. The van der Waals surface area contributed by atoms with Gasteiger partial charge in [0.15, 0.2) is 0 Å². The maximum absolute atomic E-state index is 12.8. The molecule has 0 saturated carbocycles. The van der Waals surface area contributed by atoms with Gasteiger partial charge in [0, 0.05) is 23.1 Å². The van der Waals surface area contributed by atoms with Crippen LogP contribution >= 0.6 is 27.3 Å². The molecule has 128 valence electrons. The molecule has 0 aliphatic carbocycles. The van der Waals surface area contributed by atoms with Crippen molar-refractivity contribution in [2.45, 2.75) is 12.6 Å². The second-order valence-corrected chi connectivity index (χ2v) is 6.53. The van der Waals surface area contributed by atoms with E-state index in [0.29, 0.717) is 4.88 Å². The molecule has 0 radical (unpaired) electrons. The highest BCUT2D eigenvalue weighted by Crippen LogP contribution is 2.36. The number of carbonyl (C=O) groups excluding carboxylic acids is 2. The lowest BCUT2D eigenvalue weighted by Crippen LogP contribution is -2.27. The highest BCUT2D eigenvalue weighted by atomic mass is 79.9. The zero-order valence-corrected chi connectivity index (χ0v) is 14.5. The van der Waals surface area contributed by atoms with E-state index in [1.165, 1.54) is 23.5 Å². The fraction of sp³-hybridized carbons (Fsp3) is 0.200. The van der Waals surface area contributed by atoms with Crippen LogP contribution in [-0.4, -0.2) is 18.4 Å². The minimum absolute atomic E-state index is 0.0418. The van der Waals surface area contributed by atoms with E-state index in [1.807, 2.05) is 0 Å². The molecule has 0 saturated heterocycles. The summed E-state index contributed by atoms with van der Waals surface area (Å²) in [5.41, 5.74) is -0.827. The van der Waals surface area contributed by atoms with Crippen LogP contribution in [0.15, 0.2) is 40.2 Å². The molecular weight excluding hydrogens is 409 g/mol. The van der Waals surface area contributed by atoms with Crippen LogP contribution in [0, 0.1) is 0 Å². The molecule has 0 atom stereocenters. The number of anilines is 1. The number of rotatable bonds is 5. The van der Waals surface area contributed by atoms with Gasteiger partial charge in [-0.15, -0.1) is 11.3 Å². The zero-order valence-electron chi connectivity index (χ0n) is 12.1. The van der Waals surface area contributed by atoms with Crippen LogP contribution in [0.25, 0.3) is 0 Å². The summed E-state index contributed by atoms with van der Waals surface area (Å²) in [6.45, 7) is 0.0885. The van der Waals surface area contributed by atoms with Crippen LogP contribution in [-0.2, 0) is 11.0 Å². The molecule has 0 unspecified atom stereocenters. The Morgan fingerprint density at radius 2 is 1.96 bits per heavy atom. The average Bonchev–Trinajstić information content (AvgIpc) is 3.02. The maximum Gasteiger partial charge on any atom is 0.417 e. The lowest BCUT2D eigenvalue weighted by molar-refractivity contribution is -0.138. The Bertz CT molecular complexity index is 733. The molecule has 0 fully saturated rings. The molecule has 0 spiro atoms. The van der Waals surface area contributed by atoms with Gasteiger partial charge in [-0.3, -0.25) is 9.59 Å². The van der Waals surface area contributed by atoms with E-state index in [9.17, 15) is 22.8 Å². The molecule has 2 amide bonds. The van der Waals surface area contributed by atoms with Crippen molar-refractivity contribution >= 4 is 44.8 Å². The van der Waals surface area contributed by atoms with E-state index >= 15 is 0 Å². The van der Waals surface area contributed by atoms with Gasteiger partial charge < -0.3 is 10.6 Å². The van der Waals surface area contributed by atoms with Gasteiger partial charge in [-0.25, -0.2) is 0 Å². The summed E-state index contributed by atoms with van der Waals surface area (Å²) >= 11 is 4.10. The van der Waals surface area contributed by atoms with Gasteiger partial charge in [0.25, 0.3) is 5.91 Å². The van der Waals surface area contributed by atoms with E-state index in [4.69, 9.17) is 0 Å². The first kappa shape index (κ1) is 18.5. The Labute approximate surface area is 148 Å². The maximum atomic E-state index is 12.8. The topological polar surface area (TPSA) is 58.2 Å². The molecule has 2 aromatic rings. The summed E-state index contributed by atoms with van der Waals surface area (Å²) in [5.74, 6) is -0.780. The number of hydrogen-bond donors (Lipinski definition) is 2. The Morgan fingerprint density at radius 3 is 2.58 bits per heavy atom. The molecule has 1 aromatic carbocycles. The summed E-state index contributed by atoms with van der Waals surface area (Å²) in [6.07, 6.45) is -4.57. The van der Waals surface area contributed by atoms with E-state index in [1.54, 1.807) is 17.5 Å². The van der Waals surface area contributed by atoms with Crippen LogP contribution in [0.5, 0.6) is 0 Å². The molecule has 0 bridgehead atoms. The van der Waals surface area contributed by atoms with Crippen LogP contribution < -0.4 is 10.6 Å². The number of benzene rings is 1. The van der Waals surface area contributed by atoms with E-state index < -0.39 is 17.6 Å². The van der Waals surface area contributed by atoms with E-state index in [2.05, 4.69) is 26.6 Å².